The molecule has 1 fully saturated rings. The number of nitrogens with zero attached hydrogens (tertiary/aromatic N) is 3. The van der Waals surface area contributed by atoms with E-state index in [9.17, 15) is 4.79 Å². The second kappa shape index (κ2) is 6.84. The summed E-state index contributed by atoms with van der Waals surface area (Å²) in [5, 5.41) is 5.51. The van der Waals surface area contributed by atoms with Gasteiger partial charge in [0.25, 0.3) is 0 Å². The van der Waals surface area contributed by atoms with E-state index >= 15 is 0 Å². The molecule has 1 amide bonds. The van der Waals surface area contributed by atoms with Crippen LogP contribution in [-0.2, 0) is 20.8 Å². The summed E-state index contributed by atoms with van der Waals surface area (Å²) >= 11 is 0. The molecule has 8 nitrogen and oxygen atoms in total. The molecule has 0 bridgehead atoms. The molecule has 3 rings (SSSR count). The summed E-state index contributed by atoms with van der Waals surface area (Å²) in [5.74, 6) is -0.474. The Morgan fingerprint density at radius 1 is 1.35 bits per heavy atom. The third kappa shape index (κ3) is 3.72. The van der Waals surface area contributed by atoms with E-state index in [0.717, 1.165) is 35.4 Å². The first kappa shape index (κ1) is 15.6. The topological polar surface area (TPSA) is 109 Å². The predicted octanol–water partition coefficient (Wildman–Crippen LogP) is -0.0430. The van der Waals surface area contributed by atoms with Gasteiger partial charge in [-0.25, -0.2) is 0 Å². The maximum Gasteiger partial charge on any atom is 0.243 e. The molecule has 23 heavy (non-hydrogen) atoms. The van der Waals surface area contributed by atoms with Crippen molar-refractivity contribution in [3.63, 3.8) is 0 Å². The highest BCUT2D eigenvalue weighted by molar-refractivity contribution is 5.89. The fourth-order valence-corrected chi connectivity index (χ4v) is 2.65. The Labute approximate surface area is 133 Å². The van der Waals surface area contributed by atoms with Crippen molar-refractivity contribution in [3.8, 4) is 0 Å². The van der Waals surface area contributed by atoms with Crippen LogP contribution in [0.25, 0.3) is 10.9 Å². The monoisotopic (exact) mass is 319 g/mol. The fraction of sp³-hybridized carbons (Fsp3) is 0.467. The number of benzene rings is 1. The number of morpholine rings is 1. The molecular formula is C15H21N5O3. The number of nitrogen functional groups attached to an aromatic ring is 1. The summed E-state index contributed by atoms with van der Waals surface area (Å²) in [7, 11) is 0. The van der Waals surface area contributed by atoms with E-state index in [0.29, 0.717) is 26.4 Å². The summed E-state index contributed by atoms with van der Waals surface area (Å²) in [6.07, 6.45) is 1.92. The molecule has 1 aliphatic rings. The van der Waals surface area contributed by atoms with Crippen LogP contribution < -0.4 is 16.4 Å². The molecule has 0 atom stereocenters. The maximum atomic E-state index is 10.6. The molecule has 0 spiro atoms. The van der Waals surface area contributed by atoms with Crippen LogP contribution in [0.3, 0.4) is 0 Å². The van der Waals surface area contributed by atoms with Gasteiger partial charge in [-0.05, 0) is 12.1 Å². The van der Waals surface area contributed by atoms with Crippen molar-refractivity contribution < 1.29 is 14.3 Å². The van der Waals surface area contributed by atoms with Crippen LogP contribution >= 0.6 is 0 Å². The van der Waals surface area contributed by atoms with Gasteiger partial charge in [0.15, 0.2) is 0 Å². The number of primary amides is 1. The van der Waals surface area contributed by atoms with Crippen LogP contribution in [0, 0.1) is 0 Å². The van der Waals surface area contributed by atoms with Crippen molar-refractivity contribution in [3.05, 3.63) is 18.3 Å². The Balaban J connectivity index is 1.73. The molecule has 1 saturated heterocycles. The molecule has 0 radical (unpaired) electrons. The van der Waals surface area contributed by atoms with E-state index in [2.05, 4.69) is 10.00 Å². The zero-order chi connectivity index (χ0) is 16.2. The first-order chi connectivity index (χ1) is 11.1. The van der Waals surface area contributed by atoms with Crippen molar-refractivity contribution in [2.45, 2.75) is 6.54 Å². The number of amides is 1. The average Bonchev–Trinajstić information content (AvgIpc) is 2.93. The van der Waals surface area contributed by atoms with Gasteiger partial charge < -0.3 is 25.8 Å². The lowest BCUT2D eigenvalue weighted by molar-refractivity contribution is -0.122. The minimum atomic E-state index is -0.474. The molecule has 8 heteroatoms. The van der Waals surface area contributed by atoms with Crippen LogP contribution in [0.5, 0.6) is 0 Å². The van der Waals surface area contributed by atoms with Crippen molar-refractivity contribution in [1.29, 1.82) is 0 Å². The maximum absolute atomic E-state index is 10.6. The second-order valence-electron chi connectivity index (χ2n) is 5.48. The van der Waals surface area contributed by atoms with E-state index in [4.69, 9.17) is 20.9 Å². The van der Waals surface area contributed by atoms with Gasteiger partial charge in [-0.3, -0.25) is 9.48 Å². The third-order valence-electron chi connectivity index (χ3n) is 3.76. The number of rotatable bonds is 6. The molecule has 1 aliphatic heterocycles. The van der Waals surface area contributed by atoms with Gasteiger partial charge in [-0.1, -0.05) is 0 Å². The van der Waals surface area contributed by atoms with Crippen molar-refractivity contribution in [2.75, 3.05) is 50.2 Å². The smallest absolute Gasteiger partial charge is 0.243 e. The number of aromatic nitrogens is 2. The predicted molar refractivity (Wildman–Crippen MR) is 87.2 cm³/mol. The SMILES string of the molecule is NC(=O)COCCn1cc2cc(N)c(N3CCOCC3)cc2n1. The highest BCUT2D eigenvalue weighted by atomic mass is 16.5. The zero-order valence-electron chi connectivity index (χ0n) is 12.9. The number of anilines is 2. The van der Waals surface area contributed by atoms with Crippen LogP contribution in [-0.4, -0.2) is 55.2 Å². The van der Waals surface area contributed by atoms with E-state index in [-0.39, 0.29) is 6.61 Å². The normalized spacial score (nSPS) is 15.2. The minimum absolute atomic E-state index is 0.0745. The molecule has 0 unspecified atom stereocenters. The summed E-state index contributed by atoms with van der Waals surface area (Å²) in [4.78, 5) is 12.8. The molecule has 0 aliphatic carbocycles. The van der Waals surface area contributed by atoms with Crippen molar-refractivity contribution >= 4 is 28.2 Å². The number of fused-ring (bicyclic) bond motifs is 1. The lowest BCUT2D eigenvalue weighted by Crippen LogP contribution is -2.36. The highest BCUT2D eigenvalue weighted by Gasteiger charge is 2.15. The number of nitrogens with two attached hydrogens (primary N) is 2. The first-order valence-corrected chi connectivity index (χ1v) is 7.59. The van der Waals surface area contributed by atoms with E-state index in [1.807, 2.05) is 18.3 Å². The molecule has 1 aromatic carbocycles. The number of carbonyl (C=O) groups is 1. The van der Waals surface area contributed by atoms with Gasteiger partial charge in [-0.2, -0.15) is 5.10 Å². The van der Waals surface area contributed by atoms with Crippen LogP contribution in [0.4, 0.5) is 11.4 Å². The number of hydrogen-bond donors (Lipinski definition) is 2. The zero-order valence-corrected chi connectivity index (χ0v) is 12.9. The average molecular weight is 319 g/mol. The molecule has 2 aromatic rings. The Morgan fingerprint density at radius 3 is 2.87 bits per heavy atom. The van der Waals surface area contributed by atoms with E-state index in [1.165, 1.54) is 0 Å². The third-order valence-corrected chi connectivity index (χ3v) is 3.76. The van der Waals surface area contributed by atoms with Gasteiger partial charge in [-0.15, -0.1) is 0 Å². The van der Waals surface area contributed by atoms with E-state index < -0.39 is 5.91 Å². The minimum Gasteiger partial charge on any atom is -0.397 e. The Hall–Kier alpha value is -2.32. The first-order valence-electron chi connectivity index (χ1n) is 7.59. The standard InChI is InChI=1S/C15H21N5O3/c16-12-7-11-9-20(3-6-23-10-15(17)21)18-13(11)8-14(12)19-1-4-22-5-2-19/h7-9H,1-6,10,16H2,(H2,17,21). The van der Waals surface area contributed by atoms with Crippen LogP contribution in [0.1, 0.15) is 0 Å². The van der Waals surface area contributed by atoms with E-state index in [1.54, 1.807) is 4.68 Å². The van der Waals surface area contributed by atoms with Gasteiger partial charge in [0, 0.05) is 24.7 Å². The fourth-order valence-electron chi connectivity index (χ4n) is 2.65. The summed E-state index contributed by atoms with van der Waals surface area (Å²) < 4.78 is 12.3. The van der Waals surface area contributed by atoms with Gasteiger partial charge in [0.05, 0.1) is 43.3 Å². The van der Waals surface area contributed by atoms with Gasteiger partial charge in [0.2, 0.25) is 5.91 Å². The number of ether oxygens (including phenoxy) is 2. The summed E-state index contributed by atoms with van der Waals surface area (Å²) in [6.45, 7) is 3.94. The van der Waals surface area contributed by atoms with Crippen molar-refractivity contribution in [2.24, 2.45) is 5.73 Å². The number of hydrogen-bond acceptors (Lipinski definition) is 6. The Kier molecular flexibility index (Phi) is 4.63. The molecule has 4 N–H and O–H groups in total. The molecular weight excluding hydrogens is 298 g/mol. The quantitative estimate of drug-likeness (QED) is 0.571. The van der Waals surface area contributed by atoms with Gasteiger partial charge in [0.1, 0.15) is 6.61 Å². The highest BCUT2D eigenvalue weighted by Crippen LogP contribution is 2.29. The molecule has 124 valence electrons. The molecule has 0 saturated carbocycles. The Morgan fingerprint density at radius 2 is 2.13 bits per heavy atom. The van der Waals surface area contributed by atoms with Crippen molar-refractivity contribution in [1.82, 2.24) is 9.78 Å². The number of carbonyl (C=O) groups excluding carboxylic acids is 1. The summed E-state index contributed by atoms with van der Waals surface area (Å²) in [6, 6.07) is 3.95. The lowest BCUT2D eigenvalue weighted by atomic mass is 10.2. The second-order valence-corrected chi connectivity index (χ2v) is 5.48. The lowest BCUT2D eigenvalue weighted by Gasteiger charge is -2.29. The summed E-state index contributed by atoms with van der Waals surface area (Å²) in [5.41, 5.74) is 13.8. The molecule has 1 aromatic heterocycles. The van der Waals surface area contributed by atoms with Crippen LogP contribution in [0.15, 0.2) is 18.3 Å². The Bertz CT molecular complexity index is 694. The van der Waals surface area contributed by atoms with Gasteiger partial charge >= 0.3 is 0 Å². The van der Waals surface area contributed by atoms with Crippen LogP contribution in [0.2, 0.25) is 0 Å². The molecule has 2 heterocycles. The largest absolute Gasteiger partial charge is 0.397 e.